The first-order chi connectivity index (χ1) is 10.1. The molecule has 21 heavy (non-hydrogen) atoms. The van der Waals surface area contributed by atoms with E-state index in [1.807, 2.05) is 36.4 Å². The highest BCUT2D eigenvalue weighted by atomic mass is 35.5. The second kappa shape index (κ2) is 6.89. The Morgan fingerprint density at radius 3 is 2.62 bits per heavy atom. The quantitative estimate of drug-likeness (QED) is 0.911. The number of nitrogens with one attached hydrogen (secondary N) is 1. The predicted molar refractivity (Wildman–Crippen MR) is 82.9 cm³/mol. The maximum Gasteiger partial charge on any atom is 0.241 e. The first-order valence-corrected chi connectivity index (χ1v) is 6.78. The number of carbonyl (C=O) groups is 1. The van der Waals surface area contributed by atoms with Crippen molar-refractivity contribution >= 4 is 23.2 Å². The van der Waals surface area contributed by atoms with Gasteiger partial charge in [-0.05, 0) is 30.2 Å². The molecule has 0 saturated carbocycles. The SMILES string of the molecule is N#Cc1ccc(NC(=O)[C@@H](N)Cc2ccccc2)c(Cl)c1. The number of carbonyl (C=O) groups excluding carboxylic acids is 1. The van der Waals surface area contributed by atoms with Crippen LogP contribution in [0.25, 0.3) is 0 Å². The number of benzene rings is 2. The summed E-state index contributed by atoms with van der Waals surface area (Å²) in [4.78, 5) is 12.1. The molecule has 0 bridgehead atoms. The minimum atomic E-state index is -0.667. The van der Waals surface area contributed by atoms with E-state index in [2.05, 4.69) is 5.32 Å². The van der Waals surface area contributed by atoms with E-state index >= 15 is 0 Å². The third-order valence-electron chi connectivity index (χ3n) is 2.99. The normalized spacial score (nSPS) is 11.5. The van der Waals surface area contributed by atoms with Crippen LogP contribution in [0.4, 0.5) is 5.69 Å². The Hall–Kier alpha value is -2.35. The molecule has 3 N–H and O–H groups in total. The van der Waals surface area contributed by atoms with Gasteiger partial charge in [-0.2, -0.15) is 5.26 Å². The molecule has 0 saturated heterocycles. The van der Waals surface area contributed by atoms with Crippen LogP contribution in [0.15, 0.2) is 48.5 Å². The second-order valence-corrected chi connectivity index (χ2v) is 5.00. The van der Waals surface area contributed by atoms with Crippen molar-refractivity contribution in [1.29, 1.82) is 5.26 Å². The first kappa shape index (κ1) is 15.0. The molecule has 2 aromatic carbocycles. The lowest BCUT2D eigenvalue weighted by molar-refractivity contribution is -0.117. The van der Waals surface area contributed by atoms with Crippen molar-refractivity contribution in [3.63, 3.8) is 0 Å². The summed E-state index contributed by atoms with van der Waals surface area (Å²) in [5.41, 5.74) is 7.77. The van der Waals surface area contributed by atoms with Crippen molar-refractivity contribution in [3.05, 3.63) is 64.7 Å². The summed E-state index contributed by atoms with van der Waals surface area (Å²) in [6.45, 7) is 0. The average Bonchev–Trinajstić information content (AvgIpc) is 2.50. The molecule has 0 aromatic heterocycles. The maximum absolute atomic E-state index is 12.1. The Balaban J connectivity index is 2.03. The van der Waals surface area contributed by atoms with Crippen molar-refractivity contribution in [2.75, 3.05) is 5.32 Å². The molecule has 1 amide bonds. The van der Waals surface area contributed by atoms with Crippen molar-refractivity contribution in [2.45, 2.75) is 12.5 Å². The van der Waals surface area contributed by atoms with E-state index in [1.54, 1.807) is 12.1 Å². The number of amides is 1. The van der Waals surface area contributed by atoms with Gasteiger partial charge < -0.3 is 11.1 Å². The summed E-state index contributed by atoms with van der Waals surface area (Å²) < 4.78 is 0. The van der Waals surface area contributed by atoms with Crippen molar-refractivity contribution in [1.82, 2.24) is 0 Å². The molecule has 0 radical (unpaired) electrons. The molecule has 5 heteroatoms. The summed E-state index contributed by atoms with van der Waals surface area (Å²) in [5.74, 6) is -0.314. The zero-order chi connectivity index (χ0) is 15.2. The Kier molecular flexibility index (Phi) is 4.94. The van der Waals surface area contributed by atoms with Crippen molar-refractivity contribution in [3.8, 4) is 6.07 Å². The molecule has 4 nitrogen and oxygen atoms in total. The maximum atomic E-state index is 12.1. The van der Waals surface area contributed by atoms with Gasteiger partial charge in [0.2, 0.25) is 5.91 Å². The van der Waals surface area contributed by atoms with Gasteiger partial charge in [0, 0.05) is 0 Å². The van der Waals surface area contributed by atoms with Crippen LogP contribution < -0.4 is 11.1 Å². The highest BCUT2D eigenvalue weighted by Gasteiger charge is 2.15. The number of rotatable bonds is 4. The summed E-state index contributed by atoms with van der Waals surface area (Å²) >= 11 is 6.01. The Morgan fingerprint density at radius 1 is 1.29 bits per heavy atom. The van der Waals surface area contributed by atoms with Gasteiger partial charge in [0.1, 0.15) is 0 Å². The van der Waals surface area contributed by atoms with Crippen LogP contribution in [-0.4, -0.2) is 11.9 Å². The zero-order valence-electron chi connectivity index (χ0n) is 11.2. The molecular formula is C16H14ClN3O. The second-order valence-electron chi connectivity index (χ2n) is 4.59. The average molecular weight is 300 g/mol. The van der Waals surface area contributed by atoms with Crippen LogP contribution in [0.5, 0.6) is 0 Å². The number of anilines is 1. The van der Waals surface area contributed by atoms with E-state index < -0.39 is 6.04 Å². The van der Waals surface area contributed by atoms with E-state index in [0.717, 1.165) is 5.56 Å². The van der Waals surface area contributed by atoms with Crippen LogP contribution in [0.1, 0.15) is 11.1 Å². The third kappa shape index (κ3) is 4.06. The summed E-state index contributed by atoms with van der Waals surface area (Å²) in [5, 5.41) is 11.8. The highest BCUT2D eigenvalue weighted by Crippen LogP contribution is 2.22. The van der Waals surface area contributed by atoms with Crippen molar-refractivity contribution < 1.29 is 4.79 Å². The summed E-state index contributed by atoms with van der Waals surface area (Å²) in [6, 6.07) is 15.5. The molecule has 106 valence electrons. The smallest absolute Gasteiger partial charge is 0.241 e. The molecule has 0 aliphatic heterocycles. The number of halogens is 1. The van der Waals surface area contributed by atoms with E-state index in [0.29, 0.717) is 22.7 Å². The fourth-order valence-electron chi connectivity index (χ4n) is 1.87. The Morgan fingerprint density at radius 2 is 2.00 bits per heavy atom. The summed E-state index contributed by atoms with van der Waals surface area (Å²) in [7, 11) is 0. The molecule has 0 fully saturated rings. The van der Waals surface area contributed by atoms with Crippen LogP contribution in [0.2, 0.25) is 5.02 Å². The van der Waals surface area contributed by atoms with Gasteiger partial charge in [0.15, 0.2) is 0 Å². The molecule has 2 aromatic rings. The number of hydrogen-bond donors (Lipinski definition) is 2. The molecule has 0 aliphatic carbocycles. The number of nitriles is 1. The van der Waals surface area contributed by atoms with E-state index in [-0.39, 0.29) is 5.91 Å². The lowest BCUT2D eigenvalue weighted by Crippen LogP contribution is -2.37. The van der Waals surface area contributed by atoms with Gasteiger partial charge in [0.25, 0.3) is 0 Å². The van der Waals surface area contributed by atoms with Crippen LogP contribution >= 0.6 is 11.6 Å². The van der Waals surface area contributed by atoms with Gasteiger partial charge in [-0.1, -0.05) is 41.9 Å². The van der Waals surface area contributed by atoms with E-state index in [1.165, 1.54) is 6.07 Å². The van der Waals surface area contributed by atoms with E-state index in [9.17, 15) is 4.79 Å². The molecular weight excluding hydrogens is 286 g/mol. The molecule has 1 atom stereocenters. The fourth-order valence-corrected chi connectivity index (χ4v) is 2.10. The third-order valence-corrected chi connectivity index (χ3v) is 3.30. The number of nitrogens with zero attached hydrogens (tertiary/aromatic N) is 1. The molecule has 0 aliphatic rings. The van der Waals surface area contributed by atoms with Crippen LogP contribution in [-0.2, 0) is 11.2 Å². The van der Waals surface area contributed by atoms with Gasteiger partial charge in [-0.25, -0.2) is 0 Å². The Labute approximate surface area is 128 Å². The Bertz CT molecular complexity index is 680. The summed E-state index contributed by atoms with van der Waals surface area (Å²) in [6.07, 6.45) is 0.445. The first-order valence-electron chi connectivity index (χ1n) is 6.40. The zero-order valence-corrected chi connectivity index (χ0v) is 12.0. The van der Waals surface area contributed by atoms with Crippen LogP contribution in [0.3, 0.4) is 0 Å². The molecule has 2 rings (SSSR count). The van der Waals surface area contributed by atoms with Crippen LogP contribution in [0, 0.1) is 11.3 Å². The lowest BCUT2D eigenvalue weighted by atomic mass is 10.1. The molecule has 0 spiro atoms. The fraction of sp³-hybridized carbons (Fsp3) is 0.125. The minimum Gasteiger partial charge on any atom is -0.323 e. The van der Waals surface area contributed by atoms with Gasteiger partial charge in [0.05, 0.1) is 28.4 Å². The van der Waals surface area contributed by atoms with Gasteiger partial charge in [-0.15, -0.1) is 0 Å². The topological polar surface area (TPSA) is 78.9 Å². The monoisotopic (exact) mass is 299 g/mol. The molecule has 0 unspecified atom stereocenters. The predicted octanol–water partition coefficient (Wildman–Crippen LogP) is 2.72. The van der Waals surface area contributed by atoms with Gasteiger partial charge in [-0.3, -0.25) is 4.79 Å². The number of nitrogens with two attached hydrogens (primary N) is 1. The molecule has 0 heterocycles. The largest absolute Gasteiger partial charge is 0.323 e. The standard InChI is InChI=1S/C16H14ClN3O/c17-13-8-12(10-18)6-7-15(13)20-16(21)14(19)9-11-4-2-1-3-5-11/h1-8,14H,9,19H2,(H,20,21)/t14-/m0/s1. The lowest BCUT2D eigenvalue weighted by Gasteiger charge is -2.13. The van der Waals surface area contributed by atoms with Gasteiger partial charge >= 0.3 is 0 Å². The minimum absolute atomic E-state index is 0.314. The highest BCUT2D eigenvalue weighted by molar-refractivity contribution is 6.33. The number of hydrogen-bond acceptors (Lipinski definition) is 3. The van der Waals surface area contributed by atoms with E-state index in [4.69, 9.17) is 22.6 Å². The van der Waals surface area contributed by atoms with Crippen molar-refractivity contribution in [2.24, 2.45) is 5.73 Å².